The number of carbonyl (C=O) groups excluding carboxylic acids is 2. The molecule has 1 N–H and O–H groups in total. The summed E-state index contributed by atoms with van der Waals surface area (Å²) in [4.78, 5) is 22.6. The smallest absolute Gasteiger partial charge is 0.359 e. The highest BCUT2D eigenvalue weighted by atomic mass is 19.1. The van der Waals surface area contributed by atoms with Gasteiger partial charge in [-0.3, -0.25) is 10.2 Å². The Morgan fingerprint density at radius 2 is 1.88 bits per heavy atom. The summed E-state index contributed by atoms with van der Waals surface area (Å²) in [5.41, 5.74) is -0.137. The summed E-state index contributed by atoms with van der Waals surface area (Å²) in [6.07, 6.45) is -0.113. The van der Waals surface area contributed by atoms with E-state index in [0.717, 1.165) is 0 Å². The Morgan fingerprint density at radius 1 is 1.29 bits per heavy atom. The van der Waals surface area contributed by atoms with Crippen LogP contribution >= 0.6 is 0 Å². The minimum Gasteiger partial charge on any atom is -0.461 e. The van der Waals surface area contributed by atoms with E-state index < -0.39 is 23.3 Å². The molecule has 0 fully saturated rings. The van der Waals surface area contributed by atoms with Crippen LogP contribution in [0.1, 0.15) is 12.5 Å². The number of carbonyl (C=O) groups is 2. The average molecular weight is 237 g/mol. The molecule has 4 nitrogen and oxygen atoms in total. The van der Waals surface area contributed by atoms with Crippen LogP contribution in [0.2, 0.25) is 0 Å². The molecule has 0 spiro atoms. The summed E-state index contributed by atoms with van der Waals surface area (Å²) >= 11 is 0. The van der Waals surface area contributed by atoms with Gasteiger partial charge in [0.2, 0.25) is 0 Å². The topological polar surface area (TPSA) is 67.2 Å². The first-order valence-corrected chi connectivity index (χ1v) is 5.08. The first-order chi connectivity index (χ1) is 8.04. The van der Waals surface area contributed by atoms with Gasteiger partial charge in [0.1, 0.15) is 5.82 Å². The van der Waals surface area contributed by atoms with Crippen molar-refractivity contribution in [1.82, 2.24) is 0 Å². The summed E-state index contributed by atoms with van der Waals surface area (Å²) in [6.45, 7) is 1.71. The first-order valence-electron chi connectivity index (χ1n) is 5.08. The Labute approximate surface area is 97.9 Å². The largest absolute Gasteiger partial charge is 0.461 e. The number of ketones is 1. The lowest BCUT2D eigenvalue weighted by Crippen LogP contribution is -2.26. The molecule has 90 valence electrons. The molecular weight excluding hydrogens is 225 g/mol. The molecular formula is C12H12FNO3. The third-order valence-corrected chi connectivity index (χ3v) is 2.04. The van der Waals surface area contributed by atoms with E-state index in [4.69, 9.17) is 5.41 Å². The van der Waals surface area contributed by atoms with Crippen molar-refractivity contribution in [3.05, 3.63) is 35.6 Å². The van der Waals surface area contributed by atoms with Gasteiger partial charge >= 0.3 is 5.97 Å². The van der Waals surface area contributed by atoms with Gasteiger partial charge in [-0.25, -0.2) is 9.18 Å². The average Bonchev–Trinajstić information content (AvgIpc) is 2.31. The Hall–Kier alpha value is -2.04. The molecule has 5 heteroatoms. The van der Waals surface area contributed by atoms with Crippen molar-refractivity contribution >= 4 is 17.5 Å². The fourth-order valence-electron chi connectivity index (χ4n) is 1.19. The highest BCUT2D eigenvalue weighted by molar-refractivity contribution is 6.63. The zero-order valence-corrected chi connectivity index (χ0v) is 9.33. The number of Topliss-reactive ketones (excluding diaryl/α,β-unsaturated/α-hetero) is 1. The highest BCUT2D eigenvalue weighted by Gasteiger charge is 2.19. The van der Waals surface area contributed by atoms with Gasteiger partial charge in [0.25, 0.3) is 0 Å². The number of esters is 1. The first kappa shape index (κ1) is 13.0. The van der Waals surface area contributed by atoms with Crippen LogP contribution in [0.4, 0.5) is 4.39 Å². The summed E-state index contributed by atoms with van der Waals surface area (Å²) in [5.74, 6) is -1.98. The van der Waals surface area contributed by atoms with Crippen LogP contribution < -0.4 is 0 Å². The summed E-state index contributed by atoms with van der Waals surface area (Å²) in [6, 6.07) is 5.31. The van der Waals surface area contributed by atoms with E-state index in [1.165, 1.54) is 24.3 Å². The molecule has 1 rings (SSSR count). The fraction of sp³-hybridized carbons (Fsp3) is 0.250. The lowest BCUT2D eigenvalue weighted by atomic mass is 10.1. The maximum Gasteiger partial charge on any atom is 0.359 e. The van der Waals surface area contributed by atoms with E-state index in [0.29, 0.717) is 5.56 Å². The lowest BCUT2D eigenvalue weighted by Gasteiger charge is -2.03. The van der Waals surface area contributed by atoms with E-state index in [9.17, 15) is 14.0 Å². The second kappa shape index (κ2) is 5.89. The number of hydrogen-bond donors (Lipinski definition) is 1. The monoisotopic (exact) mass is 237 g/mol. The van der Waals surface area contributed by atoms with Crippen LogP contribution in [-0.2, 0) is 20.7 Å². The van der Waals surface area contributed by atoms with Crippen LogP contribution in [0.25, 0.3) is 0 Å². The Kier molecular flexibility index (Phi) is 4.51. The number of ether oxygens (including phenoxy) is 1. The molecule has 0 radical (unpaired) electrons. The van der Waals surface area contributed by atoms with Crippen molar-refractivity contribution in [2.75, 3.05) is 6.61 Å². The van der Waals surface area contributed by atoms with Crippen LogP contribution in [0.15, 0.2) is 24.3 Å². The predicted octanol–water partition coefficient (Wildman–Crippen LogP) is 1.52. The number of halogens is 1. The number of rotatable bonds is 5. The van der Waals surface area contributed by atoms with Crippen molar-refractivity contribution < 1.29 is 18.7 Å². The Balaban J connectivity index is 2.63. The van der Waals surface area contributed by atoms with Gasteiger partial charge in [-0.1, -0.05) is 12.1 Å². The van der Waals surface area contributed by atoms with E-state index in [1.807, 2.05) is 0 Å². The molecule has 1 aromatic rings. The van der Waals surface area contributed by atoms with Gasteiger partial charge in [-0.2, -0.15) is 0 Å². The zero-order chi connectivity index (χ0) is 12.8. The van der Waals surface area contributed by atoms with E-state index >= 15 is 0 Å². The summed E-state index contributed by atoms with van der Waals surface area (Å²) in [7, 11) is 0. The molecule has 1 aromatic carbocycles. The van der Waals surface area contributed by atoms with Gasteiger partial charge in [0.05, 0.1) is 6.61 Å². The van der Waals surface area contributed by atoms with Crippen LogP contribution in [0.3, 0.4) is 0 Å². The van der Waals surface area contributed by atoms with Gasteiger partial charge in [-0.15, -0.1) is 0 Å². The Bertz CT molecular complexity index is 440. The molecule has 0 atom stereocenters. The molecule has 0 aromatic heterocycles. The zero-order valence-electron chi connectivity index (χ0n) is 9.33. The SMILES string of the molecule is CCOC(=O)C(=N)C(=O)Cc1ccc(F)cc1. The summed E-state index contributed by atoms with van der Waals surface area (Å²) in [5, 5.41) is 7.30. The summed E-state index contributed by atoms with van der Waals surface area (Å²) < 4.78 is 17.1. The third kappa shape index (κ3) is 3.79. The van der Waals surface area contributed by atoms with E-state index in [1.54, 1.807) is 6.92 Å². The van der Waals surface area contributed by atoms with Gasteiger partial charge in [-0.05, 0) is 24.6 Å². The van der Waals surface area contributed by atoms with Crippen molar-refractivity contribution in [1.29, 1.82) is 5.41 Å². The maximum absolute atomic E-state index is 12.6. The molecule has 17 heavy (non-hydrogen) atoms. The molecule has 0 amide bonds. The third-order valence-electron chi connectivity index (χ3n) is 2.04. The van der Waals surface area contributed by atoms with E-state index in [-0.39, 0.29) is 13.0 Å². The van der Waals surface area contributed by atoms with Crippen LogP contribution in [0.5, 0.6) is 0 Å². The molecule has 0 saturated carbocycles. The molecule has 0 heterocycles. The molecule has 0 saturated heterocycles. The maximum atomic E-state index is 12.6. The van der Waals surface area contributed by atoms with Crippen LogP contribution in [0, 0.1) is 11.2 Å². The van der Waals surface area contributed by atoms with Gasteiger partial charge < -0.3 is 4.74 Å². The minimum absolute atomic E-state index is 0.113. The quantitative estimate of drug-likeness (QED) is 0.479. The Morgan fingerprint density at radius 3 is 2.41 bits per heavy atom. The fourth-order valence-corrected chi connectivity index (χ4v) is 1.19. The highest BCUT2D eigenvalue weighted by Crippen LogP contribution is 2.04. The van der Waals surface area contributed by atoms with Crippen molar-refractivity contribution in [2.45, 2.75) is 13.3 Å². The van der Waals surface area contributed by atoms with Crippen LogP contribution in [-0.4, -0.2) is 24.1 Å². The van der Waals surface area contributed by atoms with Gasteiger partial charge in [0, 0.05) is 6.42 Å². The number of benzene rings is 1. The molecule has 0 aliphatic heterocycles. The van der Waals surface area contributed by atoms with Gasteiger partial charge in [0.15, 0.2) is 11.5 Å². The second-order valence-corrected chi connectivity index (χ2v) is 3.32. The van der Waals surface area contributed by atoms with Crippen molar-refractivity contribution in [3.63, 3.8) is 0 Å². The number of hydrogen-bond acceptors (Lipinski definition) is 4. The molecule has 0 aliphatic carbocycles. The molecule has 0 unspecified atom stereocenters. The van der Waals surface area contributed by atoms with Crippen molar-refractivity contribution in [2.24, 2.45) is 0 Å². The van der Waals surface area contributed by atoms with E-state index in [2.05, 4.69) is 4.74 Å². The van der Waals surface area contributed by atoms with Crippen molar-refractivity contribution in [3.8, 4) is 0 Å². The number of nitrogens with one attached hydrogen (secondary N) is 1. The second-order valence-electron chi connectivity index (χ2n) is 3.32. The lowest BCUT2D eigenvalue weighted by molar-refractivity contribution is -0.135. The molecule has 0 aliphatic rings. The standard InChI is InChI=1S/C12H12FNO3/c1-2-17-12(16)11(14)10(15)7-8-3-5-9(13)6-4-8/h3-6,14H,2,7H2,1H3. The predicted molar refractivity (Wildman–Crippen MR) is 59.5 cm³/mol. The minimum atomic E-state index is -0.931. The normalized spacial score (nSPS) is 9.76. The molecule has 0 bridgehead atoms.